The highest BCUT2D eigenvalue weighted by Gasteiger charge is 2.28. The molecule has 1 fully saturated rings. The number of amides is 2. The van der Waals surface area contributed by atoms with Crippen molar-refractivity contribution in [2.24, 2.45) is 0 Å². The lowest BCUT2D eigenvalue weighted by molar-refractivity contribution is 0.163. The van der Waals surface area contributed by atoms with Crippen LogP contribution in [-0.4, -0.2) is 39.3 Å². The predicted molar refractivity (Wildman–Crippen MR) is 86.3 cm³/mol. The summed E-state index contributed by atoms with van der Waals surface area (Å²) in [7, 11) is 0. The highest BCUT2D eigenvalue weighted by Crippen LogP contribution is 2.30. The SMILES string of the molecule is CCOc1ccc(NC(=O)N2CCCC[C@@H]2c2cn[nH]c2)cn1. The number of nitrogens with zero attached hydrogens (tertiary/aromatic N) is 3. The smallest absolute Gasteiger partial charge is 0.322 e. The van der Waals surface area contributed by atoms with Crippen molar-refractivity contribution in [3.8, 4) is 5.88 Å². The molecule has 0 radical (unpaired) electrons. The molecule has 122 valence electrons. The van der Waals surface area contributed by atoms with E-state index in [0.717, 1.165) is 31.4 Å². The Morgan fingerprint density at radius 2 is 2.35 bits per heavy atom. The number of rotatable bonds is 4. The Hall–Kier alpha value is -2.57. The number of carbonyl (C=O) groups is 1. The molecule has 7 heteroatoms. The molecule has 2 aromatic heterocycles. The summed E-state index contributed by atoms with van der Waals surface area (Å²) < 4.78 is 5.30. The molecule has 1 saturated heterocycles. The van der Waals surface area contributed by atoms with E-state index in [1.165, 1.54) is 0 Å². The first-order chi connectivity index (χ1) is 11.3. The van der Waals surface area contributed by atoms with Crippen molar-refractivity contribution in [2.75, 3.05) is 18.5 Å². The summed E-state index contributed by atoms with van der Waals surface area (Å²) >= 11 is 0. The molecular formula is C16H21N5O2. The molecule has 0 unspecified atom stereocenters. The van der Waals surface area contributed by atoms with Crippen molar-refractivity contribution in [1.29, 1.82) is 0 Å². The lowest BCUT2D eigenvalue weighted by Crippen LogP contribution is -2.41. The first-order valence-corrected chi connectivity index (χ1v) is 7.93. The van der Waals surface area contributed by atoms with Gasteiger partial charge in [0.1, 0.15) is 0 Å². The molecular weight excluding hydrogens is 294 g/mol. The van der Waals surface area contributed by atoms with E-state index in [2.05, 4.69) is 20.5 Å². The van der Waals surface area contributed by atoms with Crippen molar-refractivity contribution in [2.45, 2.75) is 32.2 Å². The number of nitrogens with one attached hydrogen (secondary N) is 2. The quantitative estimate of drug-likeness (QED) is 0.908. The van der Waals surface area contributed by atoms with Crippen LogP contribution < -0.4 is 10.1 Å². The van der Waals surface area contributed by atoms with E-state index in [9.17, 15) is 4.79 Å². The molecule has 1 atom stereocenters. The van der Waals surface area contributed by atoms with Gasteiger partial charge in [0.2, 0.25) is 5.88 Å². The van der Waals surface area contributed by atoms with Gasteiger partial charge >= 0.3 is 6.03 Å². The Morgan fingerprint density at radius 3 is 3.04 bits per heavy atom. The zero-order valence-electron chi connectivity index (χ0n) is 13.2. The van der Waals surface area contributed by atoms with Crippen LogP contribution in [0.5, 0.6) is 5.88 Å². The molecule has 3 rings (SSSR count). The second-order valence-corrected chi connectivity index (χ2v) is 5.48. The van der Waals surface area contributed by atoms with Crippen LogP contribution in [0.1, 0.15) is 37.8 Å². The lowest BCUT2D eigenvalue weighted by Gasteiger charge is -2.35. The van der Waals surface area contributed by atoms with E-state index in [1.807, 2.05) is 18.0 Å². The molecule has 0 saturated carbocycles. The molecule has 0 spiro atoms. The van der Waals surface area contributed by atoms with E-state index in [4.69, 9.17) is 4.74 Å². The van der Waals surface area contributed by atoms with Gasteiger partial charge in [-0.15, -0.1) is 0 Å². The fourth-order valence-electron chi connectivity index (χ4n) is 2.85. The second kappa shape index (κ2) is 7.13. The number of aromatic amines is 1. The van der Waals surface area contributed by atoms with Gasteiger partial charge in [0.05, 0.1) is 30.7 Å². The number of hydrogen-bond acceptors (Lipinski definition) is 4. The number of pyridine rings is 1. The number of piperidine rings is 1. The maximum atomic E-state index is 12.6. The average molecular weight is 315 g/mol. The van der Waals surface area contributed by atoms with Gasteiger partial charge in [0.25, 0.3) is 0 Å². The third kappa shape index (κ3) is 3.61. The van der Waals surface area contributed by atoms with Crippen LogP contribution in [0.3, 0.4) is 0 Å². The highest BCUT2D eigenvalue weighted by molar-refractivity contribution is 5.89. The van der Waals surface area contributed by atoms with Gasteiger partial charge in [0, 0.05) is 24.4 Å². The van der Waals surface area contributed by atoms with Gasteiger partial charge in [-0.2, -0.15) is 5.10 Å². The Kier molecular flexibility index (Phi) is 4.75. The molecule has 7 nitrogen and oxygen atoms in total. The van der Waals surface area contributed by atoms with E-state index in [0.29, 0.717) is 18.2 Å². The summed E-state index contributed by atoms with van der Waals surface area (Å²) in [6.45, 7) is 3.22. The lowest BCUT2D eigenvalue weighted by atomic mass is 9.98. The van der Waals surface area contributed by atoms with Gasteiger partial charge in [-0.25, -0.2) is 9.78 Å². The van der Waals surface area contributed by atoms with Crippen LogP contribution >= 0.6 is 0 Å². The minimum absolute atomic E-state index is 0.0677. The number of ether oxygens (including phenoxy) is 1. The maximum absolute atomic E-state index is 12.6. The molecule has 23 heavy (non-hydrogen) atoms. The van der Waals surface area contributed by atoms with Crippen molar-refractivity contribution in [3.63, 3.8) is 0 Å². The first-order valence-electron chi connectivity index (χ1n) is 7.93. The molecule has 3 heterocycles. The maximum Gasteiger partial charge on any atom is 0.322 e. The molecule has 0 aromatic carbocycles. The van der Waals surface area contributed by atoms with Crippen molar-refractivity contribution in [1.82, 2.24) is 20.1 Å². The Morgan fingerprint density at radius 1 is 1.43 bits per heavy atom. The standard InChI is InChI=1S/C16H21N5O2/c1-2-23-15-7-6-13(11-17-15)20-16(22)21-8-4-3-5-14(21)12-9-18-19-10-12/h6-7,9-11,14H,2-5,8H2,1H3,(H,18,19)(H,20,22)/t14-/m1/s1. The highest BCUT2D eigenvalue weighted by atomic mass is 16.5. The molecule has 0 bridgehead atoms. The predicted octanol–water partition coefficient (Wildman–Crippen LogP) is 2.96. The first kappa shape index (κ1) is 15.3. The Labute approximate surface area is 135 Å². The topological polar surface area (TPSA) is 83.1 Å². The van der Waals surface area contributed by atoms with Crippen LogP contribution in [0, 0.1) is 0 Å². The van der Waals surface area contributed by atoms with E-state index in [-0.39, 0.29) is 12.1 Å². The number of hydrogen-bond donors (Lipinski definition) is 2. The van der Waals surface area contributed by atoms with Crippen molar-refractivity contribution < 1.29 is 9.53 Å². The zero-order chi connectivity index (χ0) is 16.1. The summed E-state index contributed by atoms with van der Waals surface area (Å²) in [5.74, 6) is 0.555. The van der Waals surface area contributed by atoms with Crippen LogP contribution in [-0.2, 0) is 0 Å². The van der Waals surface area contributed by atoms with Crippen LogP contribution in [0.2, 0.25) is 0 Å². The molecule has 2 N–H and O–H groups in total. The monoisotopic (exact) mass is 315 g/mol. The van der Waals surface area contributed by atoms with E-state index < -0.39 is 0 Å². The normalized spacial score (nSPS) is 17.8. The summed E-state index contributed by atoms with van der Waals surface area (Å²) in [5, 5.41) is 9.73. The van der Waals surface area contributed by atoms with Crippen LogP contribution in [0.15, 0.2) is 30.7 Å². The van der Waals surface area contributed by atoms with Crippen LogP contribution in [0.25, 0.3) is 0 Å². The fourth-order valence-corrected chi connectivity index (χ4v) is 2.85. The number of H-pyrrole nitrogens is 1. The summed E-state index contributed by atoms with van der Waals surface area (Å²) in [4.78, 5) is 18.6. The number of carbonyl (C=O) groups excluding carboxylic acids is 1. The minimum Gasteiger partial charge on any atom is -0.478 e. The summed E-state index contributed by atoms with van der Waals surface area (Å²) in [5.41, 5.74) is 1.71. The van der Waals surface area contributed by atoms with Gasteiger partial charge in [0.15, 0.2) is 0 Å². The van der Waals surface area contributed by atoms with Gasteiger partial charge < -0.3 is 15.0 Å². The molecule has 1 aliphatic heterocycles. The number of aromatic nitrogens is 3. The third-order valence-corrected chi connectivity index (χ3v) is 3.95. The van der Waals surface area contributed by atoms with E-state index >= 15 is 0 Å². The number of likely N-dealkylation sites (tertiary alicyclic amines) is 1. The Bertz CT molecular complexity index is 626. The number of urea groups is 1. The molecule has 2 aromatic rings. The molecule has 1 aliphatic rings. The molecule has 0 aliphatic carbocycles. The largest absolute Gasteiger partial charge is 0.478 e. The average Bonchev–Trinajstić information content (AvgIpc) is 3.11. The summed E-state index contributed by atoms with van der Waals surface area (Å²) in [6, 6.07) is 3.51. The van der Waals surface area contributed by atoms with Crippen LogP contribution in [0.4, 0.5) is 10.5 Å². The van der Waals surface area contributed by atoms with Gasteiger partial charge in [-0.05, 0) is 32.3 Å². The minimum atomic E-state index is -0.109. The van der Waals surface area contributed by atoms with Gasteiger partial charge in [-0.3, -0.25) is 5.10 Å². The number of anilines is 1. The zero-order valence-corrected chi connectivity index (χ0v) is 13.2. The Balaban J connectivity index is 1.68. The second-order valence-electron chi connectivity index (χ2n) is 5.48. The molecule has 2 amide bonds. The fraction of sp³-hybridized carbons (Fsp3) is 0.438. The third-order valence-electron chi connectivity index (χ3n) is 3.95. The summed E-state index contributed by atoms with van der Waals surface area (Å²) in [6.07, 6.45) is 8.34. The van der Waals surface area contributed by atoms with Crippen molar-refractivity contribution in [3.05, 3.63) is 36.3 Å². The van der Waals surface area contributed by atoms with Gasteiger partial charge in [-0.1, -0.05) is 0 Å². The van der Waals surface area contributed by atoms with Crippen molar-refractivity contribution >= 4 is 11.7 Å². The van der Waals surface area contributed by atoms with E-state index in [1.54, 1.807) is 24.5 Å².